The van der Waals surface area contributed by atoms with Crippen LogP contribution in [0.4, 0.5) is 0 Å². The molecule has 1 aliphatic rings. The molecule has 3 nitrogen and oxygen atoms in total. The summed E-state index contributed by atoms with van der Waals surface area (Å²) in [5.74, 6) is 2.28. The predicted octanol–water partition coefficient (Wildman–Crippen LogP) is 6.47. The van der Waals surface area contributed by atoms with E-state index in [0.717, 1.165) is 36.3 Å². The Morgan fingerprint density at radius 3 is 2.32 bits per heavy atom. The lowest BCUT2D eigenvalue weighted by molar-refractivity contribution is 0.174. The van der Waals surface area contributed by atoms with E-state index in [1.54, 1.807) is 0 Å². The zero-order chi connectivity index (χ0) is 20.5. The third-order valence-corrected chi connectivity index (χ3v) is 6.06. The maximum atomic E-state index is 10.7. The third-order valence-electron chi connectivity index (χ3n) is 6.06. The quantitative estimate of drug-likeness (QED) is 0.622. The van der Waals surface area contributed by atoms with Crippen molar-refractivity contribution in [2.24, 2.45) is 10.8 Å². The number of benzene rings is 2. The largest absolute Gasteiger partial charge is 0.508 e. The van der Waals surface area contributed by atoms with Crippen LogP contribution in [0.25, 0.3) is 0 Å². The first kappa shape index (κ1) is 20.6. The van der Waals surface area contributed by atoms with Gasteiger partial charge in [-0.3, -0.25) is 0 Å². The molecule has 1 N–H and O–H groups in total. The Kier molecular flexibility index (Phi) is 5.65. The first-order valence-electron chi connectivity index (χ1n) is 10.3. The summed E-state index contributed by atoms with van der Waals surface area (Å²) in [7, 11) is 0. The number of phenols is 1. The van der Waals surface area contributed by atoms with Crippen molar-refractivity contribution in [3.05, 3.63) is 53.1 Å². The summed E-state index contributed by atoms with van der Waals surface area (Å²) < 4.78 is 11.0. The molecular formula is C25H34O3. The number of rotatable bonds is 6. The highest BCUT2D eigenvalue weighted by Crippen LogP contribution is 2.43. The van der Waals surface area contributed by atoms with Gasteiger partial charge < -0.3 is 14.6 Å². The fraction of sp³-hybridized carbons (Fsp3) is 0.520. The van der Waals surface area contributed by atoms with E-state index in [1.807, 2.05) is 12.1 Å². The fourth-order valence-corrected chi connectivity index (χ4v) is 3.84. The molecule has 1 atom stereocenters. The van der Waals surface area contributed by atoms with E-state index in [9.17, 15) is 5.11 Å². The molecule has 0 aliphatic carbocycles. The number of fused-ring (bicyclic) bond motifs is 1. The molecule has 3 rings (SSSR count). The second-order valence-electron chi connectivity index (χ2n) is 9.89. The molecule has 0 fully saturated rings. The molecule has 0 spiro atoms. The lowest BCUT2D eigenvalue weighted by atomic mass is 9.73. The Balaban J connectivity index is 1.86. The average molecular weight is 383 g/mol. The van der Waals surface area contributed by atoms with Gasteiger partial charge in [-0.2, -0.15) is 0 Å². The molecule has 0 radical (unpaired) electrons. The molecule has 152 valence electrons. The van der Waals surface area contributed by atoms with Crippen LogP contribution < -0.4 is 9.47 Å². The van der Waals surface area contributed by atoms with Crippen molar-refractivity contribution >= 4 is 0 Å². The van der Waals surface area contributed by atoms with Crippen molar-refractivity contribution in [2.75, 3.05) is 6.79 Å². The van der Waals surface area contributed by atoms with Crippen molar-refractivity contribution < 1.29 is 14.6 Å². The van der Waals surface area contributed by atoms with E-state index in [1.165, 1.54) is 11.1 Å². The number of hydrogen-bond donors (Lipinski definition) is 1. The molecule has 2 aromatic carbocycles. The lowest BCUT2D eigenvalue weighted by Gasteiger charge is -2.32. The van der Waals surface area contributed by atoms with Gasteiger partial charge in [0, 0.05) is 0 Å². The Morgan fingerprint density at radius 2 is 1.68 bits per heavy atom. The Morgan fingerprint density at radius 1 is 0.964 bits per heavy atom. The van der Waals surface area contributed by atoms with Crippen LogP contribution in [0.3, 0.4) is 0 Å². The molecule has 0 amide bonds. The second-order valence-corrected chi connectivity index (χ2v) is 9.89. The summed E-state index contributed by atoms with van der Waals surface area (Å²) in [6.45, 7) is 13.8. The van der Waals surface area contributed by atoms with Crippen molar-refractivity contribution in [3.8, 4) is 17.2 Å². The Hall–Kier alpha value is -2.16. The standard InChI is InChI=1S/C25H34O3/c1-7-25(5,6)15-17-8-9-19(21(26)12-17)13-20(24(2,3)4)18-10-11-22-23(14-18)28-16-27-22/h8-12,14,20,26H,7,13,15-16H2,1-6H3. The minimum absolute atomic E-state index is 0.0447. The van der Waals surface area contributed by atoms with Gasteiger partial charge in [0.1, 0.15) is 5.75 Å². The number of hydrogen-bond acceptors (Lipinski definition) is 3. The summed E-state index contributed by atoms with van der Waals surface area (Å²) >= 11 is 0. The van der Waals surface area contributed by atoms with E-state index in [0.29, 0.717) is 5.75 Å². The minimum Gasteiger partial charge on any atom is -0.508 e. The molecular weight excluding hydrogens is 348 g/mol. The Labute approximate surface area is 169 Å². The average Bonchev–Trinajstić information content (AvgIpc) is 3.07. The third kappa shape index (κ3) is 4.63. The molecule has 0 bridgehead atoms. The lowest BCUT2D eigenvalue weighted by Crippen LogP contribution is -2.21. The van der Waals surface area contributed by atoms with Gasteiger partial charge in [0.15, 0.2) is 11.5 Å². The summed E-state index contributed by atoms with van der Waals surface area (Å²) in [6, 6.07) is 12.4. The number of phenolic OH excluding ortho intramolecular Hbond substituents is 1. The monoisotopic (exact) mass is 382 g/mol. The van der Waals surface area contributed by atoms with Crippen LogP contribution >= 0.6 is 0 Å². The van der Waals surface area contributed by atoms with Gasteiger partial charge in [0.05, 0.1) is 0 Å². The van der Waals surface area contributed by atoms with Gasteiger partial charge in [-0.1, -0.05) is 66.2 Å². The zero-order valence-electron chi connectivity index (χ0n) is 18.1. The van der Waals surface area contributed by atoms with Crippen LogP contribution in [0, 0.1) is 10.8 Å². The van der Waals surface area contributed by atoms with E-state index >= 15 is 0 Å². The van der Waals surface area contributed by atoms with Crippen molar-refractivity contribution in [3.63, 3.8) is 0 Å². The second kappa shape index (κ2) is 7.69. The molecule has 1 unspecified atom stereocenters. The van der Waals surface area contributed by atoms with E-state index in [-0.39, 0.29) is 23.5 Å². The highest BCUT2D eigenvalue weighted by molar-refractivity contribution is 5.46. The molecule has 0 saturated carbocycles. The van der Waals surface area contributed by atoms with Crippen LogP contribution in [0.5, 0.6) is 17.2 Å². The summed E-state index contributed by atoms with van der Waals surface area (Å²) in [5.41, 5.74) is 3.70. The molecule has 0 aromatic heterocycles. The maximum absolute atomic E-state index is 10.7. The molecule has 3 heteroatoms. The van der Waals surface area contributed by atoms with E-state index in [2.05, 4.69) is 65.8 Å². The van der Waals surface area contributed by atoms with Crippen LogP contribution in [0.15, 0.2) is 36.4 Å². The number of ether oxygens (including phenoxy) is 2. The van der Waals surface area contributed by atoms with E-state index < -0.39 is 0 Å². The molecule has 2 aromatic rings. The minimum atomic E-state index is 0.0447. The fourth-order valence-electron chi connectivity index (χ4n) is 3.84. The van der Waals surface area contributed by atoms with E-state index in [4.69, 9.17) is 9.47 Å². The predicted molar refractivity (Wildman–Crippen MR) is 114 cm³/mol. The highest BCUT2D eigenvalue weighted by atomic mass is 16.7. The van der Waals surface area contributed by atoms with Crippen molar-refractivity contribution in [1.82, 2.24) is 0 Å². The molecule has 0 saturated heterocycles. The first-order valence-corrected chi connectivity index (χ1v) is 10.3. The van der Waals surface area contributed by atoms with Crippen LogP contribution in [0.1, 0.15) is 70.6 Å². The summed E-state index contributed by atoms with van der Waals surface area (Å²) in [4.78, 5) is 0. The van der Waals surface area contributed by atoms with Gasteiger partial charge in [-0.05, 0) is 64.5 Å². The smallest absolute Gasteiger partial charge is 0.231 e. The summed E-state index contributed by atoms with van der Waals surface area (Å²) in [6.07, 6.45) is 2.88. The van der Waals surface area contributed by atoms with Gasteiger partial charge in [0.2, 0.25) is 6.79 Å². The summed E-state index contributed by atoms with van der Waals surface area (Å²) in [5, 5.41) is 10.7. The first-order chi connectivity index (χ1) is 13.1. The van der Waals surface area contributed by atoms with Crippen LogP contribution in [-0.2, 0) is 12.8 Å². The van der Waals surface area contributed by atoms with Crippen LogP contribution in [0.2, 0.25) is 0 Å². The molecule has 1 aliphatic heterocycles. The molecule has 28 heavy (non-hydrogen) atoms. The van der Waals surface area contributed by atoms with Crippen LogP contribution in [-0.4, -0.2) is 11.9 Å². The van der Waals surface area contributed by atoms with Gasteiger partial charge in [-0.15, -0.1) is 0 Å². The zero-order valence-corrected chi connectivity index (χ0v) is 18.1. The normalized spacial score (nSPS) is 14.9. The SMILES string of the molecule is CCC(C)(C)Cc1ccc(CC(c2ccc3c(c2)OCO3)C(C)(C)C)c(O)c1. The topological polar surface area (TPSA) is 38.7 Å². The number of aromatic hydroxyl groups is 1. The van der Waals surface area contributed by atoms with Gasteiger partial charge >= 0.3 is 0 Å². The highest BCUT2D eigenvalue weighted by Gasteiger charge is 2.29. The van der Waals surface area contributed by atoms with Crippen molar-refractivity contribution in [1.29, 1.82) is 0 Å². The molecule has 1 heterocycles. The van der Waals surface area contributed by atoms with Crippen molar-refractivity contribution in [2.45, 2.75) is 66.7 Å². The van der Waals surface area contributed by atoms with Gasteiger partial charge in [-0.25, -0.2) is 0 Å². The maximum Gasteiger partial charge on any atom is 0.231 e. The van der Waals surface area contributed by atoms with Gasteiger partial charge in [0.25, 0.3) is 0 Å². The Bertz CT molecular complexity index is 830.